The zero-order valence-electron chi connectivity index (χ0n) is 17.5. The molecule has 0 radical (unpaired) electrons. The Balaban J connectivity index is 0.00000245. The molecular weight excluding hydrogens is 394 g/mol. The summed E-state index contributed by atoms with van der Waals surface area (Å²) >= 11 is 0. The third kappa shape index (κ3) is 3.25. The summed E-state index contributed by atoms with van der Waals surface area (Å²) < 4.78 is 14.0. The predicted octanol–water partition coefficient (Wildman–Crippen LogP) is 3.23. The van der Waals surface area contributed by atoms with E-state index in [1.165, 1.54) is 0 Å². The number of rotatable bonds is 4. The van der Waals surface area contributed by atoms with Gasteiger partial charge in [-0.2, -0.15) is 5.10 Å². The minimum Gasteiger partial charge on any atom is -0.490 e. The number of aryl methyl sites for hydroxylation is 1. The fourth-order valence-corrected chi connectivity index (χ4v) is 4.64. The third-order valence-electron chi connectivity index (χ3n) is 6.20. The van der Waals surface area contributed by atoms with Crippen molar-refractivity contribution in [2.45, 2.75) is 18.4 Å². The Morgan fingerprint density at radius 3 is 2.74 bits per heavy atom. The van der Waals surface area contributed by atoms with Crippen LogP contribution in [0.1, 0.15) is 30.2 Å². The van der Waals surface area contributed by atoms with Gasteiger partial charge < -0.3 is 19.5 Å². The van der Waals surface area contributed by atoms with Crippen molar-refractivity contribution < 1.29 is 20.8 Å². The molecule has 0 bridgehead atoms. The first kappa shape index (κ1) is 19.6. The average Bonchev–Trinajstić information content (AvgIpc) is 3.21. The normalized spacial score (nSPS) is 16.4. The summed E-state index contributed by atoms with van der Waals surface area (Å²) in [5, 5.41) is 13.6. The Bertz CT molecular complexity index is 1120. The summed E-state index contributed by atoms with van der Waals surface area (Å²) in [7, 11) is 1.95. The highest BCUT2D eigenvalue weighted by Gasteiger charge is 2.46. The number of aliphatic hydroxyl groups excluding tert-OH is 1. The van der Waals surface area contributed by atoms with Crippen molar-refractivity contribution in [1.82, 2.24) is 14.7 Å². The molecule has 2 aliphatic rings. The molecule has 1 N–H and O–H groups in total. The van der Waals surface area contributed by atoms with Gasteiger partial charge in [-0.15, -0.1) is 0 Å². The Labute approximate surface area is 182 Å². The smallest absolute Gasteiger partial charge is 0.257 e. The zero-order chi connectivity index (χ0) is 21.4. The number of amides is 1. The topological polar surface area (TPSA) is 76.8 Å². The number of hydrogen-bond donors (Lipinski definition) is 1. The molecule has 2 aliphatic heterocycles. The number of nitrogens with zero attached hydrogens (tertiary/aromatic N) is 3. The molecule has 0 saturated carbocycles. The maximum Gasteiger partial charge on any atom is 0.257 e. The van der Waals surface area contributed by atoms with Gasteiger partial charge in [-0.05, 0) is 24.3 Å². The molecular formula is C24H27N3O4. The van der Waals surface area contributed by atoms with Crippen molar-refractivity contribution >= 4 is 5.91 Å². The van der Waals surface area contributed by atoms with Crippen LogP contribution in [0.2, 0.25) is 0 Å². The molecule has 0 atom stereocenters. The van der Waals surface area contributed by atoms with Gasteiger partial charge in [0.1, 0.15) is 23.7 Å². The third-order valence-corrected chi connectivity index (χ3v) is 6.20. The van der Waals surface area contributed by atoms with Crippen molar-refractivity contribution in [3.63, 3.8) is 0 Å². The first-order chi connectivity index (χ1) is 15.1. The van der Waals surface area contributed by atoms with Gasteiger partial charge in [0, 0.05) is 45.5 Å². The predicted molar refractivity (Wildman–Crippen MR) is 117 cm³/mol. The zero-order valence-corrected chi connectivity index (χ0v) is 17.5. The highest BCUT2D eigenvalue weighted by atomic mass is 16.5. The van der Waals surface area contributed by atoms with Gasteiger partial charge in [0.2, 0.25) is 0 Å². The maximum absolute atomic E-state index is 13.2. The lowest BCUT2D eigenvalue weighted by Crippen LogP contribution is -2.49. The number of benzene rings is 2. The number of aliphatic hydroxyl groups is 1. The van der Waals surface area contributed by atoms with Crippen LogP contribution in [0.4, 0.5) is 0 Å². The second-order valence-corrected chi connectivity index (χ2v) is 7.98. The van der Waals surface area contributed by atoms with Crippen LogP contribution in [0.3, 0.4) is 0 Å². The SMILES string of the molecule is Cn1ncc2c1-c1ccccc1OC21CCN(C(=O)c2ccccc2OCCO)CC1.[HH]. The van der Waals surface area contributed by atoms with Crippen molar-refractivity contribution in [1.29, 1.82) is 0 Å². The summed E-state index contributed by atoms with van der Waals surface area (Å²) in [6.45, 7) is 1.21. The number of para-hydroxylation sites is 2. The molecule has 7 nitrogen and oxygen atoms in total. The van der Waals surface area contributed by atoms with Crippen LogP contribution >= 0.6 is 0 Å². The molecule has 1 amide bonds. The maximum atomic E-state index is 13.2. The second-order valence-electron chi connectivity index (χ2n) is 7.98. The lowest BCUT2D eigenvalue weighted by Gasteiger charge is -2.44. The number of ether oxygens (including phenoxy) is 2. The van der Waals surface area contributed by atoms with E-state index in [-0.39, 0.29) is 20.5 Å². The summed E-state index contributed by atoms with van der Waals surface area (Å²) in [4.78, 5) is 15.1. The van der Waals surface area contributed by atoms with E-state index in [4.69, 9.17) is 14.6 Å². The molecule has 31 heavy (non-hydrogen) atoms. The van der Waals surface area contributed by atoms with Crippen LogP contribution in [-0.2, 0) is 12.6 Å². The minimum absolute atomic E-state index is 0. The van der Waals surface area contributed by atoms with E-state index in [1.54, 1.807) is 12.1 Å². The van der Waals surface area contributed by atoms with Crippen LogP contribution in [0.25, 0.3) is 11.3 Å². The molecule has 5 rings (SSSR count). The van der Waals surface area contributed by atoms with Crippen LogP contribution in [0.5, 0.6) is 11.5 Å². The Morgan fingerprint density at radius 1 is 1.19 bits per heavy atom. The number of fused-ring (bicyclic) bond motifs is 4. The highest BCUT2D eigenvalue weighted by molar-refractivity contribution is 5.97. The number of hydrogen-bond acceptors (Lipinski definition) is 5. The van der Waals surface area contributed by atoms with E-state index >= 15 is 0 Å². The van der Waals surface area contributed by atoms with Gasteiger partial charge in [-0.3, -0.25) is 9.48 Å². The van der Waals surface area contributed by atoms with Crippen LogP contribution < -0.4 is 9.47 Å². The fraction of sp³-hybridized carbons (Fsp3) is 0.333. The molecule has 7 heteroatoms. The summed E-state index contributed by atoms with van der Waals surface area (Å²) in [5.41, 5.74) is 3.26. The Morgan fingerprint density at radius 2 is 1.94 bits per heavy atom. The Hall–Kier alpha value is -3.32. The molecule has 162 valence electrons. The number of likely N-dealkylation sites (tertiary alicyclic amines) is 1. The van der Waals surface area contributed by atoms with Crippen LogP contribution in [-0.4, -0.2) is 52.0 Å². The molecule has 0 unspecified atom stereocenters. The molecule has 3 heterocycles. The lowest BCUT2D eigenvalue weighted by molar-refractivity contribution is -0.00183. The molecule has 3 aromatic rings. The molecule has 0 aliphatic carbocycles. The van der Waals surface area contributed by atoms with E-state index in [1.807, 2.05) is 53.2 Å². The number of piperidine rings is 1. The van der Waals surface area contributed by atoms with Gasteiger partial charge in [0.05, 0.1) is 24.1 Å². The quantitative estimate of drug-likeness (QED) is 0.700. The van der Waals surface area contributed by atoms with Crippen molar-refractivity contribution in [3.8, 4) is 22.8 Å². The summed E-state index contributed by atoms with van der Waals surface area (Å²) in [6.07, 6.45) is 3.28. The van der Waals surface area contributed by atoms with E-state index < -0.39 is 5.60 Å². The molecule has 1 spiro atoms. The first-order valence-electron chi connectivity index (χ1n) is 10.6. The van der Waals surface area contributed by atoms with E-state index in [0.29, 0.717) is 37.2 Å². The fourth-order valence-electron chi connectivity index (χ4n) is 4.64. The average molecular weight is 421 g/mol. The van der Waals surface area contributed by atoms with Gasteiger partial charge >= 0.3 is 0 Å². The standard InChI is InChI=1S/C24H25N3O4.H2/c1-26-22-17-6-2-5-9-21(17)31-24(19(22)16-25-26)10-12-27(13-11-24)23(29)18-7-3-4-8-20(18)30-15-14-28;/h2-9,16,28H,10-15H2,1H3;1H. The monoisotopic (exact) mass is 421 g/mol. The molecule has 1 fully saturated rings. The number of carbonyl (C=O) groups is 1. The van der Waals surface area contributed by atoms with Crippen LogP contribution in [0, 0.1) is 0 Å². The van der Waals surface area contributed by atoms with Gasteiger partial charge in [-0.25, -0.2) is 0 Å². The van der Waals surface area contributed by atoms with Gasteiger partial charge in [-0.1, -0.05) is 24.3 Å². The second kappa shape index (κ2) is 7.74. The van der Waals surface area contributed by atoms with Crippen molar-refractivity contribution in [3.05, 3.63) is 65.9 Å². The largest absolute Gasteiger partial charge is 0.490 e. The van der Waals surface area contributed by atoms with Gasteiger partial charge in [0.15, 0.2) is 0 Å². The van der Waals surface area contributed by atoms with E-state index in [0.717, 1.165) is 22.6 Å². The molecule has 2 aromatic carbocycles. The Kier molecular flexibility index (Phi) is 4.90. The van der Waals surface area contributed by atoms with Gasteiger partial charge in [0.25, 0.3) is 5.91 Å². The first-order valence-corrected chi connectivity index (χ1v) is 10.6. The lowest BCUT2D eigenvalue weighted by atomic mass is 9.81. The van der Waals surface area contributed by atoms with Crippen LogP contribution in [0.15, 0.2) is 54.7 Å². The minimum atomic E-state index is -0.484. The van der Waals surface area contributed by atoms with E-state index in [2.05, 4.69) is 11.2 Å². The summed E-state index contributed by atoms with van der Waals surface area (Å²) in [6, 6.07) is 15.2. The highest BCUT2D eigenvalue weighted by Crippen LogP contribution is 2.49. The van der Waals surface area contributed by atoms with Crippen molar-refractivity contribution in [2.24, 2.45) is 7.05 Å². The van der Waals surface area contributed by atoms with Crippen molar-refractivity contribution in [2.75, 3.05) is 26.3 Å². The molecule has 1 saturated heterocycles. The number of aromatic nitrogens is 2. The number of carbonyl (C=O) groups excluding carboxylic acids is 1. The summed E-state index contributed by atoms with van der Waals surface area (Å²) in [5.74, 6) is 1.30. The molecule has 1 aromatic heterocycles. The van der Waals surface area contributed by atoms with E-state index in [9.17, 15) is 4.79 Å².